The van der Waals surface area contributed by atoms with Crippen molar-refractivity contribution < 1.29 is 0 Å². The monoisotopic (exact) mass is 1630 g/mol. The minimum atomic E-state index is 0.0796. The summed E-state index contributed by atoms with van der Waals surface area (Å²) in [6, 6.07) is 112. The second-order valence-corrected chi connectivity index (χ2v) is 41.0. The van der Waals surface area contributed by atoms with E-state index in [2.05, 4.69) is 402 Å². The Morgan fingerprint density at radius 1 is 0.172 bits per heavy atom. The first-order chi connectivity index (χ1) is 61.9. The van der Waals surface area contributed by atoms with Gasteiger partial charge in [0, 0.05) is 0 Å². The third-order valence-corrected chi connectivity index (χ3v) is 30.9. The summed E-state index contributed by atoms with van der Waals surface area (Å²) in [5, 5.41) is 66.2. The van der Waals surface area contributed by atoms with Crippen molar-refractivity contribution in [2.24, 2.45) is 0 Å². The molecule has 0 aliphatic rings. The van der Waals surface area contributed by atoms with E-state index in [0.29, 0.717) is 11.8 Å². The summed E-state index contributed by atoms with van der Waals surface area (Å²) in [5.41, 5.74) is 16.8. The highest BCUT2D eigenvalue weighted by Crippen LogP contribution is 2.56. The number of hydrogen-bond donors (Lipinski definition) is 0. The average Bonchev–Trinajstić information content (AvgIpc) is 1.55. The maximum atomic E-state index is 2.57. The maximum Gasteiger partial charge on any atom is -0.00146 e. The largest absolute Gasteiger partial charge is 0.0617 e. The Labute approximate surface area is 744 Å². The van der Waals surface area contributed by atoms with Gasteiger partial charge >= 0.3 is 0 Å². The molecule has 0 bridgehead atoms. The van der Waals surface area contributed by atoms with Crippen molar-refractivity contribution in [1.82, 2.24) is 0 Å². The summed E-state index contributed by atoms with van der Waals surface area (Å²) in [6.45, 7) is 37.2. The van der Waals surface area contributed by atoms with E-state index in [4.69, 9.17) is 0 Å². The van der Waals surface area contributed by atoms with Crippen LogP contribution in [0.5, 0.6) is 0 Å². The van der Waals surface area contributed by atoms with Crippen LogP contribution in [0, 0.1) is 41.5 Å². The van der Waals surface area contributed by atoms with Crippen LogP contribution in [0.15, 0.2) is 291 Å². The number of aryl methyl sites for hydroxylation is 6. The van der Waals surface area contributed by atoms with Crippen molar-refractivity contribution in [3.8, 4) is 11.1 Å². The van der Waals surface area contributed by atoms with Gasteiger partial charge in [-0.1, -0.05) is 275 Å². The topological polar surface area (TPSA) is 0 Å². The van der Waals surface area contributed by atoms with Crippen molar-refractivity contribution in [1.29, 1.82) is 0 Å². The number of benzene rings is 22. The van der Waals surface area contributed by atoms with E-state index in [1.165, 1.54) is 325 Å². The Morgan fingerprint density at radius 2 is 0.500 bits per heavy atom. The lowest BCUT2D eigenvalue weighted by Crippen LogP contribution is -2.12. The first-order valence-electron chi connectivity index (χ1n) is 46.5. The number of rotatable bonds is 3. The van der Waals surface area contributed by atoms with Crippen LogP contribution in [0.1, 0.15) is 137 Å². The predicted octanol–water partition coefficient (Wildman–Crippen LogP) is 37.7. The van der Waals surface area contributed by atoms with Gasteiger partial charge in [0.15, 0.2) is 0 Å². The van der Waals surface area contributed by atoms with Crippen LogP contribution in [0.3, 0.4) is 0 Å². The molecule has 0 saturated carbocycles. The average molecular weight is 1640 g/mol. The van der Waals surface area contributed by atoms with E-state index >= 15 is 0 Å². The van der Waals surface area contributed by atoms with E-state index in [1.54, 1.807) is 0 Å². The molecule has 0 aromatic heterocycles. The SMILES string of the molecule is CC(C)(C)c1cc2cc(C(C)(C)C)cc3c4cc5cc6c(cc5cc4c(c1)c23)c1cccc2c3ccccc3cc6c21.Cc1ccc2ccc(C)c3c4cc5cc6c(cc5cc4c1c23)c1c(C)ccc2c3ccccc3c(C)c6c21.Cc1cccc(C)c1-c1ccc2c3c(C(C)C)c4cc5c(cc4c(C(C)C)c3c3cccc1c23)c1cc2ccccc2c2cccc5c21. The Balaban J connectivity index is 0.000000102. The Hall–Kier alpha value is -14.0. The molecule has 0 amide bonds. The lowest BCUT2D eigenvalue weighted by atomic mass is 9.82. The minimum Gasteiger partial charge on any atom is -0.0617 e. The Bertz CT molecular complexity index is 9740. The molecular weight excluding hydrogens is 1540 g/mol. The molecule has 0 heteroatoms. The second-order valence-electron chi connectivity index (χ2n) is 41.0. The van der Waals surface area contributed by atoms with Gasteiger partial charge in [-0.2, -0.15) is 0 Å². The summed E-state index contributed by atoms with van der Waals surface area (Å²) >= 11 is 0. The van der Waals surface area contributed by atoms with Crippen LogP contribution in [0.2, 0.25) is 0 Å². The first-order valence-corrected chi connectivity index (χ1v) is 46.5. The van der Waals surface area contributed by atoms with Crippen LogP contribution in [-0.2, 0) is 10.8 Å². The molecule has 28 aromatic rings. The lowest BCUT2D eigenvalue weighted by molar-refractivity contribution is 0.590. The quantitative estimate of drug-likeness (QED) is 0.155. The molecule has 0 atom stereocenters. The highest BCUT2D eigenvalue weighted by molar-refractivity contribution is 6.43. The molecule has 0 fully saturated rings. The molecule has 128 heavy (non-hydrogen) atoms. The van der Waals surface area contributed by atoms with E-state index in [0.717, 1.165) is 0 Å². The first kappa shape index (κ1) is 75.3. The highest BCUT2D eigenvalue weighted by Gasteiger charge is 2.31. The van der Waals surface area contributed by atoms with Crippen LogP contribution in [-0.4, -0.2) is 0 Å². The van der Waals surface area contributed by atoms with Crippen molar-refractivity contribution in [2.75, 3.05) is 0 Å². The molecule has 0 heterocycles. The molecule has 610 valence electrons. The van der Waals surface area contributed by atoms with Crippen molar-refractivity contribution in [2.45, 2.75) is 133 Å². The van der Waals surface area contributed by atoms with Crippen LogP contribution < -0.4 is 0 Å². The van der Waals surface area contributed by atoms with Gasteiger partial charge in [0.25, 0.3) is 0 Å². The molecule has 0 nitrogen and oxygen atoms in total. The van der Waals surface area contributed by atoms with Gasteiger partial charge in [0.1, 0.15) is 0 Å². The van der Waals surface area contributed by atoms with Crippen LogP contribution >= 0.6 is 0 Å². The highest BCUT2D eigenvalue weighted by atomic mass is 14.3. The summed E-state index contributed by atoms with van der Waals surface area (Å²) < 4.78 is 0. The zero-order valence-electron chi connectivity index (χ0n) is 75.9. The molecule has 0 N–H and O–H groups in total. The van der Waals surface area contributed by atoms with E-state index < -0.39 is 0 Å². The molecular formula is C128H98. The molecule has 28 rings (SSSR count). The van der Waals surface area contributed by atoms with Crippen molar-refractivity contribution in [3.63, 3.8) is 0 Å². The lowest BCUT2D eigenvalue weighted by Gasteiger charge is -2.22. The van der Waals surface area contributed by atoms with Gasteiger partial charge in [0.05, 0.1) is 0 Å². The normalized spacial score (nSPS) is 13.0. The summed E-state index contributed by atoms with van der Waals surface area (Å²) in [4.78, 5) is 0. The van der Waals surface area contributed by atoms with E-state index in [1.807, 2.05) is 0 Å². The van der Waals surface area contributed by atoms with E-state index in [9.17, 15) is 0 Å². The number of hydrogen-bond acceptors (Lipinski definition) is 0. The summed E-state index contributed by atoms with van der Waals surface area (Å²) in [5.74, 6) is 0.730. The van der Waals surface area contributed by atoms with Crippen molar-refractivity contribution >= 4 is 259 Å². The fourth-order valence-electron chi connectivity index (χ4n) is 25.1. The van der Waals surface area contributed by atoms with Crippen molar-refractivity contribution in [3.05, 3.63) is 347 Å². The standard InChI is InChI=1S/C48H38.C42H34.C38H26/c1-25(2)42-41-24-38-37(33-18-10-16-31-30-15-8-7-14-29(30)22-39(38)45(31)33)23-40(41)43(26(3)4)48-36-21-20-34(44-27(5)12-9-13-28(44)6)32-17-11-19-35(46(32)36)47(42)48;1-41(2,3)27-14-26-15-28(42(4,5)6)22-38-35-20-25-18-33-32(17-24(25)19-34(35)37(21-27)39(26)38)31-13-9-12-30-29-11-8-7-10-23(29)16-36(33)40(30)31;1-19-9-12-23-13-10-20(2)34-30-16-25-18-32-31(17-24(25)15-29(30)33(19)37(23)34)35-21(3)11-14-28-27-8-6-5-7-26(27)22(4)36(32)38(28)35/h7-26H,1-6H3;7-22H,1-6H3;5-18H,1-4H3. The zero-order chi connectivity index (χ0) is 86.7. The fourth-order valence-corrected chi connectivity index (χ4v) is 25.1. The molecule has 0 aliphatic carbocycles. The van der Waals surface area contributed by atoms with Gasteiger partial charge < -0.3 is 0 Å². The van der Waals surface area contributed by atoms with Gasteiger partial charge in [-0.3, -0.25) is 0 Å². The number of fused-ring (bicyclic) bond motifs is 27. The van der Waals surface area contributed by atoms with Gasteiger partial charge in [-0.25, -0.2) is 0 Å². The Kier molecular flexibility index (Phi) is 15.5. The third kappa shape index (κ3) is 10.2. The van der Waals surface area contributed by atoms with Crippen LogP contribution in [0.4, 0.5) is 0 Å². The molecule has 0 saturated heterocycles. The maximum absolute atomic E-state index is 2.57. The molecule has 28 aromatic carbocycles. The molecule has 0 radical (unpaired) electrons. The fraction of sp³-hybridized carbons (Fsp3) is 0.156. The molecule has 0 spiro atoms. The summed E-state index contributed by atoms with van der Waals surface area (Å²) in [6.07, 6.45) is 0. The summed E-state index contributed by atoms with van der Waals surface area (Å²) in [7, 11) is 0. The molecule has 0 aliphatic heterocycles. The van der Waals surface area contributed by atoms with Crippen LogP contribution in [0.25, 0.3) is 270 Å². The Morgan fingerprint density at radius 3 is 0.984 bits per heavy atom. The molecule has 0 unspecified atom stereocenters. The van der Waals surface area contributed by atoms with Gasteiger partial charge in [-0.05, 0) is 474 Å². The van der Waals surface area contributed by atoms with E-state index in [-0.39, 0.29) is 10.8 Å². The minimum absolute atomic E-state index is 0.0796. The second kappa shape index (κ2) is 26.3. The third-order valence-electron chi connectivity index (χ3n) is 30.9. The van der Waals surface area contributed by atoms with Gasteiger partial charge in [-0.15, -0.1) is 0 Å². The smallest absolute Gasteiger partial charge is 0.00146 e. The van der Waals surface area contributed by atoms with Gasteiger partial charge in [0.2, 0.25) is 0 Å². The predicted molar refractivity (Wildman–Crippen MR) is 566 cm³/mol. The zero-order valence-corrected chi connectivity index (χ0v) is 75.9.